The van der Waals surface area contributed by atoms with Gasteiger partial charge in [0.2, 0.25) is 0 Å². The molecule has 0 saturated heterocycles. The molecule has 0 bridgehead atoms. The second-order valence-electron chi connectivity index (χ2n) is 4.58. The van der Waals surface area contributed by atoms with E-state index in [9.17, 15) is 0 Å². The molecule has 0 unspecified atom stereocenters. The summed E-state index contributed by atoms with van der Waals surface area (Å²) in [5, 5.41) is 0.653. The van der Waals surface area contributed by atoms with Crippen molar-refractivity contribution < 1.29 is 0 Å². The molecule has 1 saturated carbocycles. The van der Waals surface area contributed by atoms with Crippen LogP contribution in [0.5, 0.6) is 0 Å². The summed E-state index contributed by atoms with van der Waals surface area (Å²) in [6, 6.07) is 6.48. The summed E-state index contributed by atoms with van der Waals surface area (Å²) in [6.45, 7) is 0. The Balaban J connectivity index is 2.19. The molecule has 0 spiro atoms. The molecule has 2 rings (SSSR count). The van der Waals surface area contributed by atoms with Gasteiger partial charge in [-0.05, 0) is 25.0 Å². The number of nitrogens with zero attached hydrogens (tertiary/aromatic N) is 1. The van der Waals surface area contributed by atoms with Gasteiger partial charge in [-0.25, -0.2) is 0 Å². The van der Waals surface area contributed by atoms with E-state index >= 15 is 0 Å². The third-order valence-corrected chi connectivity index (χ3v) is 3.86. The summed E-state index contributed by atoms with van der Waals surface area (Å²) in [4.78, 5) is 2.29. The van der Waals surface area contributed by atoms with E-state index in [0.29, 0.717) is 16.8 Å². The average molecular weight is 239 g/mol. The van der Waals surface area contributed by atoms with Gasteiger partial charge in [-0.1, -0.05) is 36.9 Å². The van der Waals surface area contributed by atoms with Crippen LogP contribution in [0.25, 0.3) is 0 Å². The first kappa shape index (κ1) is 11.6. The summed E-state index contributed by atoms with van der Waals surface area (Å²) >= 11 is 6.05. The maximum atomic E-state index is 6.05. The predicted octanol–water partition coefficient (Wildman–Crippen LogP) is 3.69. The number of benzene rings is 1. The summed E-state index contributed by atoms with van der Waals surface area (Å²) in [5.74, 6) is 0. The predicted molar refractivity (Wildman–Crippen MR) is 71.1 cm³/mol. The normalized spacial score (nSPS) is 17.4. The highest BCUT2D eigenvalue weighted by molar-refractivity contribution is 6.33. The third kappa shape index (κ3) is 2.27. The smallest absolute Gasteiger partial charge is 0.0741 e. The number of nitrogens with two attached hydrogens (primary N) is 1. The molecule has 88 valence electrons. The monoisotopic (exact) mass is 238 g/mol. The Labute approximate surface area is 102 Å². The van der Waals surface area contributed by atoms with E-state index in [4.69, 9.17) is 17.3 Å². The molecule has 1 aromatic carbocycles. The van der Waals surface area contributed by atoms with Crippen LogP contribution in [-0.2, 0) is 0 Å². The van der Waals surface area contributed by atoms with Crippen LogP contribution in [0.15, 0.2) is 18.2 Å². The summed E-state index contributed by atoms with van der Waals surface area (Å²) in [6.07, 6.45) is 6.56. The second-order valence-corrected chi connectivity index (χ2v) is 4.98. The molecule has 1 aliphatic carbocycles. The van der Waals surface area contributed by atoms with Crippen molar-refractivity contribution in [2.75, 3.05) is 17.7 Å². The summed E-state index contributed by atoms with van der Waals surface area (Å²) < 4.78 is 0. The number of anilines is 2. The fourth-order valence-electron chi connectivity index (χ4n) is 2.50. The van der Waals surface area contributed by atoms with E-state index in [0.717, 1.165) is 5.69 Å². The number of nitrogen functional groups attached to an aromatic ring is 1. The molecule has 2 N–H and O–H groups in total. The fraction of sp³-hybridized carbons (Fsp3) is 0.538. The topological polar surface area (TPSA) is 29.3 Å². The molecule has 0 aromatic heterocycles. The Bertz CT molecular complexity index is 359. The minimum absolute atomic E-state index is 0.620. The first-order chi connectivity index (χ1) is 7.70. The summed E-state index contributed by atoms with van der Waals surface area (Å²) in [7, 11) is 2.12. The molecule has 1 aromatic rings. The number of rotatable bonds is 2. The van der Waals surface area contributed by atoms with Crippen LogP contribution in [0.1, 0.15) is 32.1 Å². The second kappa shape index (κ2) is 4.96. The van der Waals surface area contributed by atoms with Gasteiger partial charge < -0.3 is 10.6 Å². The molecule has 0 amide bonds. The van der Waals surface area contributed by atoms with Crippen molar-refractivity contribution in [2.24, 2.45) is 0 Å². The third-order valence-electron chi connectivity index (χ3n) is 3.53. The van der Waals surface area contributed by atoms with Crippen molar-refractivity contribution in [2.45, 2.75) is 38.1 Å². The zero-order valence-electron chi connectivity index (χ0n) is 9.75. The van der Waals surface area contributed by atoms with Crippen LogP contribution < -0.4 is 10.6 Å². The van der Waals surface area contributed by atoms with Gasteiger partial charge in [0.05, 0.1) is 16.4 Å². The van der Waals surface area contributed by atoms with Crippen LogP contribution in [0, 0.1) is 0 Å². The number of halogens is 1. The van der Waals surface area contributed by atoms with Crippen molar-refractivity contribution in [3.8, 4) is 0 Å². The maximum Gasteiger partial charge on any atom is 0.0741 e. The van der Waals surface area contributed by atoms with Crippen molar-refractivity contribution in [3.05, 3.63) is 23.2 Å². The molecular weight excluding hydrogens is 220 g/mol. The van der Waals surface area contributed by atoms with Gasteiger partial charge >= 0.3 is 0 Å². The van der Waals surface area contributed by atoms with Gasteiger partial charge in [0.1, 0.15) is 0 Å². The molecule has 16 heavy (non-hydrogen) atoms. The van der Waals surface area contributed by atoms with E-state index in [1.54, 1.807) is 0 Å². The standard InChI is InChI=1S/C13H19ClN2/c1-16(10-6-3-2-4-7-10)12-9-5-8-11(14)13(12)15/h5,8-10H,2-4,6-7,15H2,1H3. The molecule has 0 aliphatic heterocycles. The van der Waals surface area contributed by atoms with Gasteiger partial charge in [0, 0.05) is 13.1 Å². The summed E-state index contributed by atoms with van der Waals surface area (Å²) in [5.41, 5.74) is 7.79. The van der Waals surface area contributed by atoms with Crippen molar-refractivity contribution in [1.29, 1.82) is 0 Å². The Morgan fingerprint density at radius 3 is 2.62 bits per heavy atom. The van der Waals surface area contributed by atoms with Crippen molar-refractivity contribution >= 4 is 23.0 Å². The Hall–Kier alpha value is -0.890. The lowest BCUT2D eigenvalue weighted by Gasteiger charge is -2.33. The first-order valence-electron chi connectivity index (χ1n) is 5.97. The van der Waals surface area contributed by atoms with E-state index in [1.807, 2.05) is 12.1 Å². The van der Waals surface area contributed by atoms with Gasteiger partial charge in [0.25, 0.3) is 0 Å². The van der Waals surface area contributed by atoms with Crippen LogP contribution in [-0.4, -0.2) is 13.1 Å². The van der Waals surface area contributed by atoms with E-state index in [2.05, 4.69) is 18.0 Å². The molecule has 0 atom stereocenters. The lowest BCUT2D eigenvalue weighted by atomic mass is 9.94. The highest BCUT2D eigenvalue weighted by Gasteiger charge is 2.20. The Morgan fingerprint density at radius 1 is 1.25 bits per heavy atom. The Kier molecular flexibility index (Phi) is 3.59. The van der Waals surface area contributed by atoms with Gasteiger partial charge in [-0.2, -0.15) is 0 Å². The quantitative estimate of drug-likeness (QED) is 0.797. The molecule has 3 heteroatoms. The maximum absolute atomic E-state index is 6.05. The lowest BCUT2D eigenvalue weighted by Crippen LogP contribution is -2.33. The van der Waals surface area contributed by atoms with Gasteiger partial charge in [0.15, 0.2) is 0 Å². The SMILES string of the molecule is CN(c1cccc(Cl)c1N)C1CCCCC1. The number of hydrogen-bond donors (Lipinski definition) is 1. The number of para-hydroxylation sites is 1. The minimum atomic E-state index is 0.620. The van der Waals surface area contributed by atoms with E-state index in [1.165, 1.54) is 32.1 Å². The van der Waals surface area contributed by atoms with Crippen LogP contribution in [0.2, 0.25) is 5.02 Å². The average Bonchev–Trinajstić information content (AvgIpc) is 2.33. The molecule has 1 fully saturated rings. The van der Waals surface area contributed by atoms with Crippen molar-refractivity contribution in [1.82, 2.24) is 0 Å². The molecular formula is C13H19ClN2. The van der Waals surface area contributed by atoms with Crippen LogP contribution in [0.4, 0.5) is 11.4 Å². The fourth-order valence-corrected chi connectivity index (χ4v) is 2.67. The highest BCUT2D eigenvalue weighted by atomic mass is 35.5. The van der Waals surface area contributed by atoms with Gasteiger partial charge in [-0.3, -0.25) is 0 Å². The highest BCUT2D eigenvalue weighted by Crippen LogP contribution is 2.33. The molecule has 0 heterocycles. The van der Waals surface area contributed by atoms with Gasteiger partial charge in [-0.15, -0.1) is 0 Å². The van der Waals surface area contributed by atoms with Crippen LogP contribution in [0.3, 0.4) is 0 Å². The lowest BCUT2D eigenvalue weighted by molar-refractivity contribution is 0.428. The Morgan fingerprint density at radius 2 is 1.94 bits per heavy atom. The zero-order valence-corrected chi connectivity index (χ0v) is 10.5. The number of hydrogen-bond acceptors (Lipinski definition) is 2. The van der Waals surface area contributed by atoms with Crippen LogP contribution >= 0.6 is 11.6 Å². The molecule has 0 radical (unpaired) electrons. The minimum Gasteiger partial charge on any atom is -0.396 e. The zero-order chi connectivity index (χ0) is 11.5. The first-order valence-corrected chi connectivity index (χ1v) is 6.35. The molecule has 2 nitrogen and oxygen atoms in total. The van der Waals surface area contributed by atoms with Crippen molar-refractivity contribution in [3.63, 3.8) is 0 Å². The largest absolute Gasteiger partial charge is 0.396 e. The van der Waals surface area contributed by atoms with E-state index < -0.39 is 0 Å². The molecule has 1 aliphatic rings. The van der Waals surface area contributed by atoms with E-state index in [-0.39, 0.29) is 0 Å².